The Kier molecular flexibility index (Phi) is 3.78. The van der Waals surface area contributed by atoms with Gasteiger partial charge in [-0.2, -0.15) is 0 Å². The molecule has 22 heavy (non-hydrogen) atoms. The molecule has 0 aliphatic rings. The molecule has 2 aromatic carbocycles. The van der Waals surface area contributed by atoms with Gasteiger partial charge in [0.15, 0.2) is 5.58 Å². The summed E-state index contributed by atoms with van der Waals surface area (Å²) in [6, 6.07) is 13.2. The smallest absolute Gasteiger partial charge is 0.408 e. The molecular weight excluding hydrogens is 280 g/mol. The molecule has 112 valence electrons. The van der Waals surface area contributed by atoms with Gasteiger partial charge in [0.25, 0.3) is 0 Å². The minimum absolute atomic E-state index is 0.0405. The Hall–Kier alpha value is -2.82. The molecule has 0 bridgehead atoms. The topological polar surface area (TPSA) is 75.1 Å². The largest absolute Gasteiger partial charge is 0.417 e. The van der Waals surface area contributed by atoms with E-state index in [0.29, 0.717) is 24.1 Å². The third-order valence-electron chi connectivity index (χ3n) is 3.42. The molecule has 0 fully saturated rings. The maximum atomic E-state index is 12.0. The summed E-state index contributed by atoms with van der Waals surface area (Å²) in [7, 11) is 0. The fourth-order valence-corrected chi connectivity index (χ4v) is 2.37. The molecule has 2 N–H and O–H groups in total. The third kappa shape index (κ3) is 3.25. The lowest BCUT2D eigenvalue weighted by Gasteiger charge is -2.06. The second kappa shape index (κ2) is 5.89. The van der Waals surface area contributed by atoms with Crippen LogP contribution in [0.4, 0.5) is 0 Å². The highest BCUT2D eigenvalue weighted by Crippen LogP contribution is 2.12. The fraction of sp³-hybridized carbons (Fsp3) is 0.176. The minimum Gasteiger partial charge on any atom is -0.408 e. The zero-order chi connectivity index (χ0) is 15.5. The first kappa shape index (κ1) is 14.1. The molecule has 0 aliphatic carbocycles. The lowest BCUT2D eigenvalue weighted by molar-refractivity contribution is -0.120. The number of benzene rings is 2. The number of carbonyl (C=O) groups is 1. The van der Waals surface area contributed by atoms with Gasteiger partial charge in [0, 0.05) is 6.54 Å². The number of H-pyrrole nitrogens is 1. The molecule has 1 heterocycles. The highest BCUT2D eigenvalue weighted by Gasteiger charge is 2.05. The van der Waals surface area contributed by atoms with Gasteiger partial charge in [-0.15, -0.1) is 0 Å². The van der Waals surface area contributed by atoms with E-state index in [1.807, 2.05) is 37.3 Å². The molecule has 0 spiro atoms. The van der Waals surface area contributed by atoms with Crippen molar-refractivity contribution < 1.29 is 9.21 Å². The van der Waals surface area contributed by atoms with Crippen LogP contribution >= 0.6 is 0 Å². The zero-order valence-electron chi connectivity index (χ0n) is 12.2. The predicted octanol–water partition coefficient (Wildman–Crippen LogP) is 2.29. The zero-order valence-corrected chi connectivity index (χ0v) is 12.2. The molecule has 0 atom stereocenters. The number of aryl methyl sites for hydroxylation is 1. The highest BCUT2D eigenvalue weighted by atomic mass is 16.4. The van der Waals surface area contributed by atoms with Crippen LogP contribution in [0.1, 0.15) is 16.7 Å². The molecule has 1 amide bonds. The van der Waals surface area contributed by atoms with E-state index in [0.717, 1.165) is 16.7 Å². The van der Waals surface area contributed by atoms with Crippen molar-refractivity contribution in [3.05, 3.63) is 69.7 Å². The van der Waals surface area contributed by atoms with E-state index in [1.165, 1.54) is 0 Å². The first-order valence-corrected chi connectivity index (χ1v) is 7.04. The van der Waals surface area contributed by atoms with Crippen molar-refractivity contribution in [2.75, 3.05) is 0 Å². The lowest BCUT2D eigenvalue weighted by atomic mass is 10.1. The van der Waals surface area contributed by atoms with Crippen molar-refractivity contribution >= 4 is 17.0 Å². The Labute approximate surface area is 127 Å². The van der Waals surface area contributed by atoms with Crippen LogP contribution < -0.4 is 11.1 Å². The van der Waals surface area contributed by atoms with Gasteiger partial charge >= 0.3 is 5.76 Å². The first-order valence-electron chi connectivity index (χ1n) is 7.04. The second-order valence-corrected chi connectivity index (χ2v) is 5.29. The normalized spacial score (nSPS) is 10.8. The molecule has 0 saturated heterocycles. The van der Waals surface area contributed by atoms with Crippen LogP contribution in [0.5, 0.6) is 0 Å². The number of aromatic nitrogens is 1. The van der Waals surface area contributed by atoms with Crippen LogP contribution in [0.15, 0.2) is 51.7 Å². The molecule has 5 heteroatoms. The molecular formula is C17H16N2O3. The number of fused-ring (bicyclic) bond motifs is 1. The van der Waals surface area contributed by atoms with Crippen LogP contribution in [0.25, 0.3) is 11.1 Å². The van der Waals surface area contributed by atoms with Gasteiger partial charge < -0.3 is 9.73 Å². The maximum Gasteiger partial charge on any atom is 0.417 e. The van der Waals surface area contributed by atoms with Crippen molar-refractivity contribution in [3.8, 4) is 0 Å². The van der Waals surface area contributed by atoms with Crippen molar-refractivity contribution in [1.82, 2.24) is 10.3 Å². The summed E-state index contributed by atoms with van der Waals surface area (Å²) in [5.41, 5.74) is 4.16. The summed E-state index contributed by atoms with van der Waals surface area (Å²) in [6.07, 6.45) is 0.350. The van der Waals surface area contributed by atoms with E-state index in [1.54, 1.807) is 12.1 Å². The SMILES string of the molecule is Cc1cccc(CC(=O)NCc2ccc3[nH]c(=O)oc3c2)c1. The van der Waals surface area contributed by atoms with Crippen molar-refractivity contribution in [2.45, 2.75) is 19.9 Å². The number of rotatable bonds is 4. The quantitative estimate of drug-likeness (QED) is 0.775. The van der Waals surface area contributed by atoms with Gasteiger partial charge in [-0.25, -0.2) is 4.79 Å². The first-order chi connectivity index (χ1) is 10.6. The average Bonchev–Trinajstić information content (AvgIpc) is 2.84. The van der Waals surface area contributed by atoms with Crippen LogP contribution in [-0.4, -0.2) is 10.9 Å². The second-order valence-electron chi connectivity index (χ2n) is 5.29. The Morgan fingerprint density at radius 2 is 2.05 bits per heavy atom. The molecule has 3 rings (SSSR count). The summed E-state index contributed by atoms with van der Waals surface area (Å²) in [5.74, 6) is -0.517. The fourth-order valence-electron chi connectivity index (χ4n) is 2.37. The van der Waals surface area contributed by atoms with Crippen LogP contribution in [-0.2, 0) is 17.8 Å². The van der Waals surface area contributed by atoms with Gasteiger partial charge in [0.05, 0.1) is 11.9 Å². The van der Waals surface area contributed by atoms with Gasteiger partial charge in [-0.3, -0.25) is 9.78 Å². The Balaban J connectivity index is 1.63. The standard InChI is InChI=1S/C17H16N2O3/c1-11-3-2-4-12(7-11)9-16(20)18-10-13-5-6-14-15(8-13)22-17(21)19-14/h2-8H,9-10H2,1H3,(H,18,20)(H,19,21). The maximum absolute atomic E-state index is 12.0. The van der Waals surface area contributed by atoms with Crippen molar-refractivity contribution in [3.63, 3.8) is 0 Å². The Morgan fingerprint density at radius 3 is 2.86 bits per heavy atom. The van der Waals surface area contributed by atoms with E-state index in [9.17, 15) is 9.59 Å². The number of carbonyl (C=O) groups excluding carboxylic acids is 1. The molecule has 0 unspecified atom stereocenters. The Bertz CT molecular complexity index is 877. The average molecular weight is 296 g/mol. The van der Waals surface area contributed by atoms with Gasteiger partial charge in [0.1, 0.15) is 0 Å². The molecule has 0 saturated carbocycles. The van der Waals surface area contributed by atoms with E-state index in [2.05, 4.69) is 10.3 Å². The van der Waals surface area contributed by atoms with Gasteiger partial charge in [-0.1, -0.05) is 35.9 Å². The lowest BCUT2D eigenvalue weighted by Crippen LogP contribution is -2.24. The molecule has 0 aliphatic heterocycles. The van der Waals surface area contributed by atoms with Gasteiger partial charge in [0.2, 0.25) is 5.91 Å². The summed E-state index contributed by atoms with van der Waals surface area (Å²) < 4.78 is 5.00. The number of amides is 1. The van der Waals surface area contributed by atoms with Crippen LogP contribution in [0, 0.1) is 6.92 Å². The van der Waals surface area contributed by atoms with Crippen molar-refractivity contribution in [2.24, 2.45) is 0 Å². The number of nitrogens with one attached hydrogen (secondary N) is 2. The van der Waals surface area contributed by atoms with E-state index in [4.69, 9.17) is 4.42 Å². The number of aromatic amines is 1. The van der Waals surface area contributed by atoms with E-state index in [-0.39, 0.29) is 5.91 Å². The molecule has 1 aromatic heterocycles. The number of oxazole rings is 1. The Morgan fingerprint density at radius 1 is 1.18 bits per heavy atom. The number of hydrogen-bond donors (Lipinski definition) is 2. The molecule has 5 nitrogen and oxygen atoms in total. The molecule has 0 radical (unpaired) electrons. The molecule has 3 aromatic rings. The minimum atomic E-state index is -0.476. The summed E-state index contributed by atoms with van der Waals surface area (Å²) in [6.45, 7) is 2.40. The summed E-state index contributed by atoms with van der Waals surface area (Å²) in [4.78, 5) is 25.7. The summed E-state index contributed by atoms with van der Waals surface area (Å²) in [5, 5.41) is 2.87. The summed E-state index contributed by atoms with van der Waals surface area (Å²) >= 11 is 0. The monoisotopic (exact) mass is 296 g/mol. The van der Waals surface area contributed by atoms with Crippen LogP contribution in [0.3, 0.4) is 0 Å². The predicted molar refractivity (Wildman–Crippen MR) is 83.6 cm³/mol. The van der Waals surface area contributed by atoms with E-state index >= 15 is 0 Å². The van der Waals surface area contributed by atoms with Gasteiger partial charge in [-0.05, 0) is 30.2 Å². The third-order valence-corrected chi connectivity index (χ3v) is 3.42. The van der Waals surface area contributed by atoms with Crippen LogP contribution in [0.2, 0.25) is 0 Å². The van der Waals surface area contributed by atoms with Crippen molar-refractivity contribution in [1.29, 1.82) is 0 Å². The highest BCUT2D eigenvalue weighted by molar-refractivity contribution is 5.79. The number of hydrogen-bond acceptors (Lipinski definition) is 3. The van der Waals surface area contributed by atoms with E-state index < -0.39 is 5.76 Å².